The third kappa shape index (κ3) is 4.81. The number of nitrogens with zero attached hydrogens (tertiary/aromatic N) is 2. The van der Waals surface area contributed by atoms with Gasteiger partial charge in [-0.1, -0.05) is 6.07 Å². The van der Waals surface area contributed by atoms with E-state index in [1.807, 2.05) is 54.3 Å². The van der Waals surface area contributed by atoms with Gasteiger partial charge in [-0.3, -0.25) is 4.98 Å². The van der Waals surface area contributed by atoms with Crippen molar-refractivity contribution in [1.82, 2.24) is 10.3 Å². The van der Waals surface area contributed by atoms with E-state index in [9.17, 15) is 19.8 Å². The molecule has 0 spiro atoms. The van der Waals surface area contributed by atoms with Crippen molar-refractivity contribution in [3.05, 3.63) is 102 Å². The number of carbonyl (C=O) groups is 2. The van der Waals surface area contributed by atoms with Crippen LogP contribution in [0.4, 0.5) is 5.69 Å². The molecule has 0 amide bonds. The van der Waals surface area contributed by atoms with Gasteiger partial charge in [0, 0.05) is 17.4 Å². The van der Waals surface area contributed by atoms with E-state index in [0.717, 1.165) is 23.2 Å². The number of aromatic nitrogens is 1. The molecule has 4 aromatic rings. The van der Waals surface area contributed by atoms with Gasteiger partial charge in [0.1, 0.15) is 23.3 Å². The monoisotopic (exact) mass is 529 g/mol. The van der Waals surface area contributed by atoms with E-state index < -0.39 is 18.0 Å². The van der Waals surface area contributed by atoms with E-state index >= 15 is 0 Å². The summed E-state index contributed by atoms with van der Waals surface area (Å²) in [6.07, 6.45) is 1.70. The van der Waals surface area contributed by atoms with Crippen molar-refractivity contribution < 1.29 is 29.0 Å². The lowest BCUT2D eigenvalue weighted by atomic mass is 10.0. The van der Waals surface area contributed by atoms with Crippen LogP contribution in [0.25, 0.3) is 11.3 Å². The van der Waals surface area contributed by atoms with Crippen LogP contribution in [0.2, 0.25) is 0 Å². The Morgan fingerprint density at radius 3 is 2.34 bits per heavy atom. The zero-order valence-corrected chi connectivity index (χ0v) is 21.0. The predicted octanol–water partition coefficient (Wildman–Crippen LogP) is 5.31. The van der Waals surface area contributed by atoms with Crippen molar-refractivity contribution in [2.45, 2.75) is 19.0 Å². The molecule has 3 N–H and O–H groups in total. The second-order valence-electron chi connectivity index (χ2n) is 8.53. The van der Waals surface area contributed by atoms with Crippen LogP contribution in [0.5, 0.6) is 5.75 Å². The van der Waals surface area contributed by atoms with Crippen LogP contribution < -0.4 is 15.0 Å². The smallest absolute Gasteiger partial charge is 0.335 e. The maximum atomic E-state index is 11.6. The average Bonchev–Trinajstić information content (AvgIpc) is 3.54. The normalized spacial score (nSPS) is 16.8. The molecule has 1 aliphatic heterocycles. The van der Waals surface area contributed by atoms with Crippen LogP contribution >= 0.6 is 12.2 Å². The number of pyridine rings is 1. The van der Waals surface area contributed by atoms with Gasteiger partial charge in [-0.2, -0.15) is 0 Å². The number of carboxylic acid groups (broad SMARTS) is 2. The Morgan fingerprint density at radius 1 is 1.03 bits per heavy atom. The van der Waals surface area contributed by atoms with Gasteiger partial charge in [0.2, 0.25) is 0 Å². The maximum absolute atomic E-state index is 11.6. The fourth-order valence-electron chi connectivity index (χ4n) is 4.48. The Kier molecular flexibility index (Phi) is 6.80. The van der Waals surface area contributed by atoms with Crippen molar-refractivity contribution in [3.8, 4) is 17.1 Å². The number of carboxylic acids is 2. The number of thiocarbonyl (C=S) groups is 1. The fourth-order valence-corrected chi connectivity index (χ4v) is 4.82. The van der Waals surface area contributed by atoms with Gasteiger partial charge in [-0.25, -0.2) is 9.59 Å². The minimum atomic E-state index is -1.23. The molecule has 2 aromatic carbocycles. The molecule has 2 aromatic heterocycles. The molecule has 38 heavy (non-hydrogen) atoms. The van der Waals surface area contributed by atoms with Gasteiger partial charge in [0.15, 0.2) is 5.11 Å². The lowest BCUT2D eigenvalue weighted by Crippen LogP contribution is -2.29. The summed E-state index contributed by atoms with van der Waals surface area (Å²) in [4.78, 5) is 29.7. The third-order valence-electron chi connectivity index (χ3n) is 6.15. The number of furan rings is 1. The Hall–Kier alpha value is -4.70. The summed E-state index contributed by atoms with van der Waals surface area (Å²) >= 11 is 5.74. The lowest BCUT2D eigenvalue weighted by molar-refractivity contribution is 0.0696. The van der Waals surface area contributed by atoms with E-state index in [1.165, 1.54) is 12.1 Å². The number of aromatic carboxylic acids is 2. The summed E-state index contributed by atoms with van der Waals surface area (Å²) in [7, 11) is 0. The van der Waals surface area contributed by atoms with Gasteiger partial charge in [-0.15, -0.1) is 0 Å². The van der Waals surface area contributed by atoms with Crippen LogP contribution in [0, 0.1) is 0 Å². The molecule has 0 bridgehead atoms. The third-order valence-corrected chi connectivity index (χ3v) is 6.47. The highest BCUT2D eigenvalue weighted by Crippen LogP contribution is 2.43. The SMILES string of the molecule is CCOc1ccc(N2C(=S)N[C@@H](c3ccccn3)[C@@H]2c2ccc(-c3cc(C(=O)O)cc(C(=O)O)c3)o2)cc1. The minimum absolute atomic E-state index is 0.149. The first-order chi connectivity index (χ1) is 18.4. The van der Waals surface area contributed by atoms with E-state index in [-0.39, 0.29) is 17.2 Å². The van der Waals surface area contributed by atoms with Crippen molar-refractivity contribution >= 4 is 35.0 Å². The van der Waals surface area contributed by atoms with Gasteiger partial charge < -0.3 is 29.6 Å². The highest BCUT2D eigenvalue weighted by Gasteiger charge is 2.42. The maximum Gasteiger partial charge on any atom is 0.335 e. The molecule has 9 nitrogen and oxygen atoms in total. The minimum Gasteiger partial charge on any atom is -0.494 e. The largest absolute Gasteiger partial charge is 0.494 e. The van der Waals surface area contributed by atoms with Gasteiger partial charge in [-0.05, 0) is 85.9 Å². The topological polar surface area (TPSA) is 125 Å². The molecule has 0 unspecified atom stereocenters. The standard InChI is InChI=1S/C28H23N3O6S/c1-2-36-20-8-6-19(7-9-20)31-25(24(30-28(31)38)21-5-3-4-12-29-21)23-11-10-22(37-23)16-13-17(26(32)33)15-18(14-16)27(34)35/h3-15,24-25H,2H2,1H3,(H,30,38)(H,32,33)(H,34,35)/t24-,25-/m0/s1. The number of nitrogens with one attached hydrogen (secondary N) is 1. The summed E-state index contributed by atoms with van der Waals surface area (Å²) in [5, 5.41) is 22.8. The zero-order valence-electron chi connectivity index (χ0n) is 20.2. The second kappa shape index (κ2) is 10.3. The molecule has 3 heterocycles. The van der Waals surface area contributed by atoms with Crippen molar-refractivity contribution in [2.24, 2.45) is 0 Å². The van der Waals surface area contributed by atoms with Crippen LogP contribution in [0.3, 0.4) is 0 Å². The number of ether oxygens (including phenoxy) is 1. The van der Waals surface area contributed by atoms with E-state index in [0.29, 0.717) is 28.8 Å². The Morgan fingerprint density at radius 2 is 1.74 bits per heavy atom. The molecule has 2 atom stereocenters. The molecule has 0 radical (unpaired) electrons. The number of rotatable bonds is 8. The molecular formula is C28H23N3O6S. The van der Waals surface area contributed by atoms with Crippen LogP contribution in [0.1, 0.15) is 51.2 Å². The number of anilines is 1. The van der Waals surface area contributed by atoms with Crippen LogP contribution in [-0.2, 0) is 0 Å². The van der Waals surface area contributed by atoms with Crippen molar-refractivity contribution in [3.63, 3.8) is 0 Å². The summed E-state index contributed by atoms with van der Waals surface area (Å²) in [5.41, 5.74) is 1.61. The fraction of sp³-hybridized carbons (Fsp3) is 0.143. The van der Waals surface area contributed by atoms with E-state index in [2.05, 4.69) is 10.3 Å². The molecule has 0 aliphatic carbocycles. The highest BCUT2D eigenvalue weighted by atomic mass is 32.1. The number of hydrogen-bond acceptors (Lipinski definition) is 6. The molecule has 5 rings (SSSR count). The average molecular weight is 530 g/mol. The first-order valence-corrected chi connectivity index (χ1v) is 12.2. The quantitative estimate of drug-likeness (QED) is 0.258. The van der Waals surface area contributed by atoms with Crippen molar-refractivity contribution in [1.29, 1.82) is 0 Å². The van der Waals surface area contributed by atoms with Crippen LogP contribution in [0.15, 0.2) is 83.4 Å². The summed E-state index contributed by atoms with van der Waals surface area (Å²) in [6.45, 7) is 2.47. The van der Waals surface area contributed by atoms with Gasteiger partial charge in [0.25, 0.3) is 0 Å². The Balaban J connectivity index is 1.58. The van der Waals surface area contributed by atoms with Gasteiger partial charge in [0.05, 0.1) is 29.5 Å². The summed E-state index contributed by atoms with van der Waals surface area (Å²) < 4.78 is 11.8. The molecule has 1 aliphatic rings. The van der Waals surface area contributed by atoms with E-state index in [4.69, 9.17) is 21.4 Å². The van der Waals surface area contributed by atoms with Crippen molar-refractivity contribution in [2.75, 3.05) is 11.5 Å². The molecular weight excluding hydrogens is 506 g/mol. The Labute approximate surface area is 223 Å². The number of benzene rings is 2. The van der Waals surface area contributed by atoms with Gasteiger partial charge >= 0.3 is 11.9 Å². The van der Waals surface area contributed by atoms with Crippen LogP contribution in [-0.4, -0.2) is 38.9 Å². The molecule has 10 heteroatoms. The molecule has 1 saturated heterocycles. The van der Waals surface area contributed by atoms with E-state index in [1.54, 1.807) is 18.3 Å². The molecule has 1 fully saturated rings. The molecule has 0 saturated carbocycles. The Bertz CT molecular complexity index is 1470. The summed E-state index contributed by atoms with van der Waals surface area (Å²) in [6, 6.07) is 19.7. The highest BCUT2D eigenvalue weighted by molar-refractivity contribution is 7.80. The summed E-state index contributed by atoms with van der Waals surface area (Å²) in [5.74, 6) is -0.865. The second-order valence-corrected chi connectivity index (χ2v) is 8.92. The first-order valence-electron chi connectivity index (χ1n) is 11.8. The lowest BCUT2D eigenvalue weighted by Gasteiger charge is -2.26. The zero-order chi connectivity index (χ0) is 26.8. The number of hydrogen-bond donors (Lipinski definition) is 3. The molecule has 192 valence electrons. The predicted molar refractivity (Wildman–Crippen MR) is 144 cm³/mol. The first kappa shape index (κ1) is 25.0.